The van der Waals surface area contributed by atoms with E-state index >= 15 is 0 Å². The van der Waals surface area contributed by atoms with E-state index in [2.05, 4.69) is 4.98 Å². The average molecular weight is 254 g/mol. The van der Waals surface area contributed by atoms with Crippen LogP contribution in [0.15, 0.2) is 9.59 Å². The van der Waals surface area contributed by atoms with Gasteiger partial charge in [0.05, 0.1) is 5.60 Å². The van der Waals surface area contributed by atoms with Crippen LogP contribution in [0.4, 0.5) is 11.5 Å². The zero-order valence-electron chi connectivity index (χ0n) is 10.6. The van der Waals surface area contributed by atoms with Gasteiger partial charge in [-0.2, -0.15) is 0 Å². The Hall–Kier alpha value is -1.76. The molecule has 0 atom stereocenters. The highest BCUT2D eigenvalue weighted by atomic mass is 16.3. The Morgan fingerprint density at radius 1 is 1.33 bits per heavy atom. The number of aliphatic hydroxyl groups is 1. The average Bonchev–Trinajstić information content (AvgIpc) is 2.28. The summed E-state index contributed by atoms with van der Waals surface area (Å²) in [6, 6.07) is 0. The molecule has 0 aliphatic carbocycles. The van der Waals surface area contributed by atoms with Crippen LogP contribution in [0.1, 0.15) is 19.8 Å². The zero-order valence-corrected chi connectivity index (χ0v) is 10.6. The smallest absolute Gasteiger partial charge is 0.329 e. The van der Waals surface area contributed by atoms with Crippen molar-refractivity contribution in [3.63, 3.8) is 0 Å². The molecule has 100 valence electrons. The van der Waals surface area contributed by atoms with Crippen LogP contribution >= 0.6 is 0 Å². The highest BCUT2D eigenvalue weighted by Crippen LogP contribution is 2.26. The van der Waals surface area contributed by atoms with Crippen LogP contribution in [0.2, 0.25) is 0 Å². The van der Waals surface area contributed by atoms with Gasteiger partial charge in [-0.25, -0.2) is 4.79 Å². The Bertz CT molecular complexity index is 563. The lowest BCUT2D eigenvalue weighted by molar-refractivity contribution is 0.0351. The first-order chi connectivity index (χ1) is 8.32. The summed E-state index contributed by atoms with van der Waals surface area (Å²) in [5.41, 5.74) is 4.44. The number of hydrogen-bond donors (Lipinski definition) is 3. The molecule has 18 heavy (non-hydrogen) atoms. The maximum Gasteiger partial charge on any atom is 0.329 e. The molecule has 7 heteroatoms. The van der Waals surface area contributed by atoms with Crippen molar-refractivity contribution in [1.29, 1.82) is 0 Å². The van der Waals surface area contributed by atoms with Crippen molar-refractivity contribution in [3.8, 4) is 0 Å². The first kappa shape index (κ1) is 12.7. The molecule has 1 aliphatic rings. The molecule has 1 fully saturated rings. The van der Waals surface area contributed by atoms with E-state index in [1.54, 1.807) is 6.92 Å². The molecule has 0 unspecified atom stereocenters. The highest BCUT2D eigenvalue weighted by molar-refractivity contribution is 5.62. The first-order valence-corrected chi connectivity index (χ1v) is 5.88. The van der Waals surface area contributed by atoms with E-state index in [-0.39, 0.29) is 5.82 Å². The topological polar surface area (TPSA) is 104 Å². The van der Waals surface area contributed by atoms with Gasteiger partial charge in [-0.15, -0.1) is 0 Å². The van der Waals surface area contributed by atoms with Crippen molar-refractivity contribution in [2.45, 2.75) is 25.4 Å². The summed E-state index contributed by atoms with van der Waals surface area (Å²) in [6.07, 6.45) is 1.13. The minimum atomic E-state index is -0.696. The number of nitrogens with one attached hydrogen (secondary N) is 1. The number of piperidine rings is 1. The number of nitrogens with zero attached hydrogens (tertiary/aromatic N) is 2. The van der Waals surface area contributed by atoms with Crippen LogP contribution in [0.5, 0.6) is 0 Å². The third kappa shape index (κ3) is 2.13. The van der Waals surface area contributed by atoms with Crippen molar-refractivity contribution >= 4 is 11.5 Å². The van der Waals surface area contributed by atoms with E-state index in [0.29, 0.717) is 31.6 Å². The third-order valence-corrected chi connectivity index (χ3v) is 3.50. The van der Waals surface area contributed by atoms with E-state index in [1.807, 2.05) is 4.90 Å². The number of anilines is 2. The van der Waals surface area contributed by atoms with Crippen LogP contribution in [-0.2, 0) is 7.05 Å². The van der Waals surface area contributed by atoms with Gasteiger partial charge in [-0.3, -0.25) is 14.3 Å². The summed E-state index contributed by atoms with van der Waals surface area (Å²) in [4.78, 5) is 27.2. The fraction of sp³-hybridized carbons (Fsp3) is 0.636. The number of aromatic nitrogens is 2. The predicted octanol–water partition coefficient (Wildman–Crippen LogP) is -0.993. The molecule has 2 heterocycles. The van der Waals surface area contributed by atoms with Gasteiger partial charge in [0.2, 0.25) is 0 Å². The fourth-order valence-corrected chi connectivity index (χ4v) is 2.14. The second kappa shape index (κ2) is 4.16. The predicted molar refractivity (Wildman–Crippen MR) is 68.8 cm³/mol. The number of nitrogens with two attached hydrogens (primary N) is 1. The number of H-pyrrole nitrogens is 1. The number of nitrogen functional groups attached to an aromatic ring is 1. The molecular formula is C11H18N4O3. The lowest BCUT2D eigenvalue weighted by atomic mass is 9.93. The molecule has 2 rings (SSSR count). The Balaban J connectivity index is 2.39. The molecule has 1 aliphatic heterocycles. The minimum Gasteiger partial charge on any atom is -0.390 e. The summed E-state index contributed by atoms with van der Waals surface area (Å²) in [7, 11) is 1.51. The van der Waals surface area contributed by atoms with Gasteiger partial charge in [0.1, 0.15) is 11.5 Å². The third-order valence-electron chi connectivity index (χ3n) is 3.50. The van der Waals surface area contributed by atoms with Crippen LogP contribution in [0.25, 0.3) is 0 Å². The molecule has 1 aromatic heterocycles. The van der Waals surface area contributed by atoms with E-state index in [1.165, 1.54) is 11.6 Å². The van der Waals surface area contributed by atoms with Crippen LogP contribution in [-0.4, -0.2) is 33.3 Å². The second-order valence-electron chi connectivity index (χ2n) is 5.04. The molecule has 7 nitrogen and oxygen atoms in total. The zero-order chi connectivity index (χ0) is 13.5. The molecule has 0 bridgehead atoms. The SMILES string of the molecule is Cn1c(N)c(N2CCC(C)(O)CC2)c(=O)[nH]c1=O. The van der Waals surface area contributed by atoms with Gasteiger partial charge < -0.3 is 15.7 Å². The van der Waals surface area contributed by atoms with Gasteiger partial charge in [0.25, 0.3) is 5.56 Å². The Morgan fingerprint density at radius 3 is 2.44 bits per heavy atom. The van der Waals surface area contributed by atoms with Gasteiger partial charge in [0, 0.05) is 20.1 Å². The van der Waals surface area contributed by atoms with E-state index in [9.17, 15) is 14.7 Å². The van der Waals surface area contributed by atoms with Crippen molar-refractivity contribution in [2.24, 2.45) is 7.05 Å². The van der Waals surface area contributed by atoms with Crippen LogP contribution in [0.3, 0.4) is 0 Å². The number of rotatable bonds is 1. The van der Waals surface area contributed by atoms with E-state index in [4.69, 9.17) is 5.73 Å². The summed E-state index contributed by atoms with van der Waals surface area (Å²) < 4.78 is 1.21. The van der Waals surface area contributed by atoms with Crippen molar-refractivity contribution in [2.75, 3.05) is 23.7 Å². The molecule has 1 saturated heterocycles. The van der Waals surface area contributed by atoms with Gasteiger partial charge in [-0.1, -0.05) is 0 Å². The van der Waals surface area contributed by atoms with Gasteiger partial charge in [-0.05, 0) is 19.8 Å². The van der Waals surface area contributed by atoms with Crippen molar-refractivity contribution in [1.82, 2.24) is 9.55 Å². The fourth-order valence-electron chi connectivity index (χ4n) is 2.14. The van der Waals surface area contributed by atoms with Crippen molar-refractivity contribution in [3.05, 3.63) is 20.8 Å². The molecule has 4 N–H and O–H groups in total. The molecule has 0 saturated carbocycles. The number of aromatic amines is 1. The number of hydrogen-bond acceptors (Lipinski definition) is 5. The van der Waals surface area contributed by atoms with Gasteiger partial charge >= 0.3 is 5.69 Å². The summed E-state index contributed by atoms with van der Waals surface area (Å²) in [5.74, 6) is 0.158. The minimum absolute atomic E-state index is 0.158. The molecule has 0 amide bonds. The monoisotopic (exact) mass is 254 g/mol. The Morgan fingerprint density at radius 2 is 1.89 bits per heavy atom. The van der Waals surface area contributed by atoms with Crippen molar-refractivity contribution < 1.29 is 5.11 Å². The van der Waals surface area contributed by atoms with E-state index < -0.39 is 16.9 Å². The maximum absolute atomic E-state index is 11.8. The Kier molecular flexibility index (Phi) is 2.94. The largest absolute Gasteiger partial charge is 0.390 e. The summed E-state index contributed by atoms with van der Waals surface area (Å²) >= 11 is 0. The second-order valence-corrected chi connectivity index (χ2v) is 5.04. The molecule has 1 aromatic rings. The maximum atomic E-state index is 11.8. The first-order valence-electron chi connectivity index (χ1n) is 5.88. The summed E-state index contributed by atoms with van der Waals surface area (Å²) in [5, 5.41) is 9.88. The lowest BCUT2D eigenvalue weighted by Gasteiger charge is -2.37. The quantitative estimate of drug-likeness (QED) is 0.596. The van der Waals surface area contributed by atoms with Gasteiger partial charge in [0.15, 0.2) is 0 Å². The normalized spacial score (nSPS) is 18.9. The Labute approximate surface area is 104 Å². The van der Waals surface area contributed by atoms with Crippen LogP contribution < -0.4 is 21.9 Å². The molecule has 0 spiro atoms. The summed E-state index contributed by atoms with van der Waals surface area (Å²) in [6.45, 7) is 2.86. The lowest BCUT2D eigenvalue weighted by Crippen LogP contribution is -2.46. The highest BCUT2D eigenvalue weighted by Gasteiger charge is 2.29. The van der Waals surface area contributed by atoms with Crippen LogP contribution in [0, 0.1) is 0 Å². The molecular weight excluding hydrogens is 236 g/mol. The molecule has 0 radical (unpaired) electrons. The standard InChI is InChI=1S/C11H18N4O3/c1-11(18)3-5-15(6-4-11)7-8(12)14(2)10(17)13-9(7)16/h18H,3-6,12H2,1-2H3,(H,13,16,17). The van der Waals surface area contributed by atoms with E-state index in [0.717, 1.165) is 0 Å². The molecule has 0 aromatic carbocycles.